The van der Waals surface area contributed by atoms with E-state index in [-0.39, 0.29) is 5.41 Å². The molecular weight excluding hydrogens is 532 g/mol. The van der Waals surface area contributed by atoms with E-state index in [9.17, 15) is 5.11 Å². The maximum atomic E-state index is 12.2. The minimum Gasteiger partial charge on any atom is -0.366 e. The predicted octanol–water partition coefficient (Wildman–Crippen LogP) is 9.13. The third-order valence-corrected chi connectivity index (χ3v) is 10.9. The van der Waals surface area contributed by atoms with Crippen molar-refractivity contribution < 1.29 is 5.11 Å². The van der Waals surface area contributed by atoms with E-state index < -0.39 is 11.1 Å². The molecule has 0 amide bonds. The first-order valence-corrected chi connectivity index (χ1v) is 15.8. The molecular formula is C38H42N2OS. The second kappa shape index (κ2) is 10.7. The van der Waals surface area contributed by atoms with Crippen molar-refractivity contribution in [3.63, 3.8) is 0 Å². The Labute approximate surface area is 256 Å². The van der Waals surface area contributed by atoms with E-state index in [1.807, 2.05) is 35.9 Å². The molecule has 0 fully saturated rings. The zero-order chi connectivity index (χ0) is 29.7. The zero-order valence-electron chi connectivity index (χ0n) is 25.7. The SMILES string of the molecule is CN1/C(=C/C=C2\CCCC(/C=C/C3(O)N(C)c4ccccc4C3(C)C)=C2Sc2ccccc2)C(C)(C)c2ccccc21. The van der Waals surface area contributed by atoms with Gasteiger partial charge in [0.05, 0.1) is 0 Å². The molecule has 1 N–H and O–H groups in total. The molecule has 0 saturated heterocycles. The second-order valence-electron chi connectivity index (χ2n) is 12.8. The number of hydrogen-bond donors (Lipinski definition) is 1. The lowest BCUT2D eigenvalue weighted by atomic mass is 9.77. The molecule has 4 heteroatoms. The molecule has 216 valence electrons. The quantitative estimate of drug-likeness (QED) is 0.329. The lowest BCUT2D eigenvalue weighted by Crippen LogP contribution is -2.52. The molecule has 6 rings (SSSR count). The van der Waals surface area contributed by atoms with E-state index in [0.717, 1.165) is 24.9 Å². The highest BCUT2D eigenvalue weighted by Gasteiger charge is 2.53. The van der Waals surface area contributed by atoms with Gasteiger partial charge in [0.25, 0.3) is 0 Å². The van der Waals surface area contributed by atoms with Crippen LogP contribution in [0, 0.1) is 0 Å². The van der Waals surface area contributed by atoms with Gasteiger partial charge in [-0.05, 0) is 78.0 Å². The van der Waals surface area contributed by atoms with Crippen molar-refractivity contribution in [2.75, 3.05) is 23.9 Å². The Morgan fingerprint density at radius 2 is 1.40 bits per heavy atom. The molecule has 0 spiro atoms. The van der Waals surface area contributed by atoms with Crippen LogP contribution < -0.4 is 9.80 Å². The largest absolute Gasteiger partial charge is 0.366 e. The first kappa shape index (κ1) is 28.6. The maximum absolute atomic E-state index is 12.2. The van der Waals surface area contributed by atoms with E-state index in [1.165, 1.54) is 43.5 Å². The molecule has 1 atom stereocenters. The van der Waals surface area contributed by atoms with Gasteiger partial charge >= 0.3 is 0 Å². The van der Waals surface area contributed by atoms with Crippen molar-refractivity contribution in [2.45, 2.75) is 68.4 Å². The average Bonchev–Trinajstić information content (AvgIpc) is 3.28. The third-order valence-electron chi connectivity index (χ3n) is 9.71. The summed E-state index contributed by atoms with van der Waals surface area (Å²) in [6.45, 7) is 8.93. The highest BCUT2D eigenvalue weighted by molar-refractivity contribution is 8.03. The van der Waals surface area contributed by atoms with Gasteiger partial charge in [0.15, 0.2) is 5.72 Å². The van der Waals surface area contributed by atoms with Crippen LogP contribution in [0.4, 0.5) is 11.4 Å². The van der Waals surface area contributed by atoms with Gasteiger partial charge in [0.1, 0.15) is 0 Å². The summed E-state index contributed by atoms with van der Waals surface area (Å²) in [5.74, 6) is 0. The van der Waals surface area contributed by atoms with Crippen molar-refractivity contribution in [3.05, 3.63) is 136 Å². The molecule has 1 unspecified atom stereocenters. The summed E-state index contributed by atoms with van der Waals surface area (Å²) in [6, 6.07) is 27.8. The van der Waals surface area contributed by atoms with Crippen LogP contribution in [0.25, 0.3) is 0 Å². The topological polar surface area (TPSA) is 26.7 Å². The Hall–Kier alpha value is -3.47. The van der Waals surface area contributed by atoms with E-state index in [2.05, 4.69) is 131 Å². The normalized spacial score (nSPS) is 24.6. The number of fused-ring (bicyclic) bond motifs is 2. The van der Waals surface area contributed by atoms with Crippen LogP contribution in [0.1, 0.15) is 58.1 Å². The molecule has 2 aliphatic heterocycles. The standard InChI is InChI=1S/C38H42N2OS/c1-36(2)30-19-10-12-21-32(30)39(5)34(36)24-23-27-15-14-16-28(35(27)42-29-17-8-7-9-18-29)25-26-38(41)37(3,4)31-20-11-13-22-33(31)40(38)6/h7-13,17-26,41H,14-16H2,1-6H3/b26-25+,27-23+,34-24+. The number of para-hydroxylation sites is 2. The summed E-state index contributed by atoms with van der Waals surface area (Å²) in [4.78, 5) is 6.91. The fourth-order valence-corrected chi connectivity index (χ4v) is 8.20. The number of allylic oxidation sites excluding steroid dienone is 6. The summed E-state index contributed by atoms with van der Waals surface area (Å²) in [7, 11) is 4.18. The van der Waals surface area contributed by atoms with Crippen LogP contribution in [0.15, 0.2) is 130 Å². The number of nitrogens with zero attached hydrogens (tertiary/aromatic N) is 2. The van der Waals surface area contributed by atoms with Gasteiger partial charge in [-0.15, -0.1) is 0 Å². The lowest BCUT2D eigenvalue weighted by Gasteiger charge is -2.39. The van der Waals surface area contributed by atoms with Gasteiger partial charge in [0.2, 0.25) is 0 Å². The smallest absolute Gasteiger partial charge is 0.166 e. The molecule has 0 aromatic heterocycles. The second-order valence-corrected chi connectivity index (χ2v) is 13.9. The van der Waals surface area contributed by atoms with Crippen molar-refractivity contribution in [1.82, 2.24) is 0 Å². The number of hydrogen-bond acceptors (Lipinski definition) is 4. The Kier molecular flexibility index (Phi) is 7.27. The van der Waals surface area contributed by atoms with Gasteiger partial charge in [-0.3, -0.25) is 0 Å². The van der Waals surface area contributed by atoms with Gasteiger partial charge in [-0.25, -0.2) is 0 Å². The zero-order valence-corrected chi connectivity index (χ0v) is 26.5. The fourth-order valence-electron chi connectivity index (χ4n) is 7.07. The number of benzene rings is 3. The molecule has 0 bridgehead atoms. The molecule has 2 heterocycles. The van der Waals surface area contributed by atoms with Crippen molar-refractivity contribution in [3.8, 4) is 0 Å². The van der Waals surface area contributed by atoms with Crippen LogP contribution >= 0.6 is 11.8 Å². The highest BCUT2D eigenvalue weighted by Crippen LogP contribution is 2.51. The van der Waals surface area contributed by atoms with Gasteiger partial charge in [0, 0.05) is 51.8 Å². The summed E-state index contributed by atoms with van der Waals surface area (Å²) in [6.07, 6.45) is 12.1. The summed E-state index contributed by atoms with van der Waals surface area (Å²) in [5.41, 5.74) is 7.23. The molecule has 3 aliphatic rings. The van der Waals surface area contributed by atoms with E-state index >= 15 is 0 Å². The number of anilines is 2. The van der Waals surface area contributed by atoms with Crippen molar-refractivity contribution >= 4 is 23.1 Å². The summed E-state index contributed by atoms with van der Waals surface area (Å²) in [5, 5.41) is 12.2. The highest BCUT2D eigenvalue weighted by atomic mass is 32.2. The number of likely N-dealkylation sites (N-methyl/N-ethyl adjacent to an activating group) is 2. The fraction of sp³-hybridized carbons (Fsp3) is 0.316. The average molecular weight is 575 g/mol. The molecule has 0 saturated carbocycles. The van der Waals surface area contributed by atoms with Crippen LogP contribution in [0.5, 0.6) is 0 Å². The van der Waals surface area contributed by atoms with Gasteiger partial charge in [-0.2, -0.15) is 0 Å². The molecule has 3 aromatic rings. The van der Waals surface area contributed by atoms with Crippen molar-refractivity contribution in [2.24, 2.45) is 0 Å². The third kappa shape index (κ3) is 4.56. The Balaban J connectivity index is 1.41. The van der Waals surface area contributed by atoms with E-state index in [4.69, 9.17) is 0 Å². The Bertz CT molecular complexity index is 1630. The first-order valence-electron chi connectivity index (χ1n) is 15.0. The minimum atomic E-state index is -1.13. The van der Waals surface area contributed by atoms with Crippen LogP contribution in [0.2, 0.25) is 0 Å². The maximum Gasteiger partial charge on any atom is 0.166 e. The number of aliphatic hydroxyl groups is 1. The monoisotopic (exact) mass is 574 g/mol. The molecule has 0 radical (unpaired) electrons. The Morgan fingerprint density at radius 1 is 0.762 bits per heavy atom. The van der Waals surface area contributed by atoms with Crippen molar-refractivity contribution in [1.29, 1.82) is 0 Å². The molecule has 3 nitrogen and oxygen atoms in total. The summed E-state index contributed by atoms with van der Waals surface area (Å²) >= 11 is 1.84. The Morgan fingerprint density at radius 3 is 2.10 bits per heavy atom. The van der Waals surface area contributed by atoms with Crippen LogP contribution in [-0.4, -0.2) is 24.9 Å². The molecule has 1 aliphatic carbocycles. The molecule has 42 heavy (non-hydrogen) atoms. The minimum absolute atomic E-state index is 0.0623. The predicted molar refractivity (Wildman–Crippen MR) is 179 cm³/mol. The molecule has 3 aromatic carbocycles. The summed E-state index contributed by atoms with van der Waals surface area (Å²) < 4.78 is 0. The van der Waals surface area contributed by atoms with Gasteiger partial charge in [-0.1, -0.05) is 106 Å². The number of thioether (sulfide) groups is 1. The van der Waals surface area contributed by atoms with E-state index in [0.29, 0.717) is 0 Å². The van der Waals surface area contributed by atoms with Crippen LogP contribution in [-0.2, 0) is 10.8 Å². The first-order chi connectivity index (χ1) is 20.1. The number of rotatable bonds is 5. The van der Waals surface area contributed by atoms with E-state index in [1.54, 1.807) is 0 Å². The van der Waals surface area contributed by atoms with Crippen LogP contribution in [0.3, 0.4) is 0 Å². The lowest BCUT2D eigenvalue weighted by molar-refractivity contribution is 0.0340. The van der Waals surface area contributed by atoms with Gasteiger partial charge < -0.3 is 14.9 Å².